The molecule has 3 rings (SSSR count). The summed E-state index contributed by atoms with van der Waals surface area (Å²) in [4.78, 5) is 29.0. The second kappa shape index (κ2) is 6.41. The molecule has 0 atom stereocenters. The van der Waals surface area contributed by atoms with Crippen LogP contribution in [0.25, 0.3) is 10.2 Å². The van der Waals surface area contributed by atoms with Crippen molar-refractivity contribution in [3.63, 3.8) is 0 Å². The van der Waals surface area contributed by atoms with Crippen LogP contribution in [0.2, 0.25) is 0 Å². The van der Waals surface area contributed by atoms with Crippen LogP contribution in [0, 0.1) is 13.8 Å². The zero-order chi connectivity index (χ0) is 17.3. The van der Waals surface area contributed by atoms with Gasteiger partial charge in [0, 0.05) is 12.5 Å². The number of nitrogens with zero attached hydrogens (tertiary/aromatic N) is 2. The van der Waals surface area contributed by atoms with E-state index in [1.165, 1.54) is 23.3 Å². The number of carbonyl (C=O) groups is 2. The highest BCUT2D eigenvalue weighted by molar-refractivity contribution is 7.22. The van der Waals surface area contributed by atoms with E-state index < -0.39 is 0 Å². The largest absolute Gasteiger partial charge is 0.279 e. The number of nitrogens with one attached hydrogen (secondary N) is 1. The summed E-state index contributed by atoms with van der Waals surface area (Å²) < 4.78 is 1.02. The zero-order valence-corrected chi connectivity index (χ0v) is 14.5. The van der Waals surface area contributed by atoms with Gasteiger partial charge in [-0.15, -0.1) is 0 Å². The van der Waals surface area contributed by atoms with E-state index in [1.807, 2.05) is 32.0 Å². The van der Waals surface area contributed by atoms with Crippen LogP contribution in [0.3, 0.4) is 0 Å². The number of rotatable bonds is 2. The number of aromatic nitrogens is 1. The highest BCUT2D eigenvalue weighted by Gasteiger charge is 2.23. The lowest BCUT2D eigenvalue weighted by atomic mass is 10.1. The Labute approximate surface area is 143 Å². The topological polar surface area (TPSA) is 62.3 Å². The Morgan fingerprint density at radius 3 is 2.33 bits per heavy atom. The molecular weight excluding hydrogens is 322 g/mol. The number of fused-ring (bicyclic) bond motifs is 1. The molecule has 1 heterocycles. The first-order valence-electron chi connectivity index (χ1n) is 7.51. The van der Waals surface area contributed by atoms with Crippen molar-refractivity contribution in [1.82, 2.24) is 10.4 Å². The lowest BCUT2D eigenvalue weighted by Gasteiger charge is -2.19. The Hall–Kier alpha value is -2.73. The van der Waals surface area contributed by atoms with E-state index in [0.717, 1.165) is 21.3 Å². The molecule has 0 aliphatic rings. The van der Waals surface area contributed by atoms with Gasteiger partial charge in [0.1, 0.15) is 0 Å². The second-order valence-corrected chi connectivity index (χ2v) is 6.53. The fourth-order valence-corrected chi connectivity index (χ4v) is 3.47. The first-order chi connectivity index (χ1) is 11.5. The number of thiazole rings is 1. The molecule has 0 radical (unpaired) electrons. The molecule has 2 amide bonds. The molecule has 0 fully saturated rings. The van der Waals surface area contributed by atoms with Crippen LogP contribution < -0.4 is 10.4 Å². The maximum absolute atomic E-state index is 12.8. The molecule has 3 aromatic rings. The van der Waals surface area contributed by atoms with Crippen molar-refractivity contribution < 1.29 is 9.59 Å². The first-order valence-corrected chi connectivity index (χ1v) is 8.32. The van der Waals surface area contributed by atoms with Gasteiger partial charge in [0.2, 0.25) is 11.0 Å². The predicted octanol–water partition coefficient (Wildman–Crippen LogP) is 3.61. The fraction of sp³-hybridized carbons (Fsp3) is 0.167. The van der Waals surface area contributed by atoms with E-state index in [4.69, 9.17) is 0 Å². The smallest absolute Gasteiger partial charge is 0.274 e. The SMILES string of the molecule is CC(=O)NN(C(=O)c1ccccc1)c1nc2c(C)ccc(C)c2s1. The van der Waals surface area contributed by atoms with Crippen molar-refractivity contribution in [3.8, 4) is 0 Å². The molecular formula is C18H17N3O2S. The maximum Gasteiger partial charge on any atom is 0.279 e. The molecule has 122 valence electrons. The minimum atomic E-state index is -0.327. The Morgan fingerprint density at radius 2 is 1.71 bits per heavy atom. The number of benzene rings is 2. The third-order valence-corrected chi connectivity index (χ3v) is 4.79. The number of aryl methyl sites for hydroxylation is 2. The average Bonchev–Trinajstić information content (AvgIpc) is 3.02. The molecule has 0 bridgehead atoms. The van der Waals surface area contributed by atoms with E-state index in [2.05, 4.69) is 10.4 Å². The highest BCUT2D eigenvalue weighted by atomic mass is 32.1. The molecule has 5 nitrogen and oxygen atoms in total. The Bertz CT molecular complexity index is 880. The maximum atomic E-state index is 12.8. The summed E-state index contributed by atoms with van der Waals surface area (Å²) in [6.45, 7) is 5.35. The van der Waals surface area contributed by atoms with Gasteiger partial charge in [-0.05, 0) is 37.1 Å². The molecule has 0 spiro atoms. The summed E-state index contributed by atoms with van der Waals surface area (Å²) in [5.41, 5.74) is 6.05. The minimum absolute atomic E-state index is 0.319. The van der Waals surface area contributed by atoms with E-state index >= 15 is 0 Å². The minimum Gasteiger partial charge on any atom is -0.274 e. The summed E-state index contributed by atoms with van der Waals surface area (Å²) in [6.07, 6.45) is 0. The number of amides is 2. The van der Waals surface area contributed by atoms with Gasteiger partial charge >= 0.3 is 0 Å². The van der Waals surface area contributed by atoms with Gasteiger partial charge in [-0.1, -0.05) is 41.7 Å². The van der Waals surface area contributed by atoms with Gasteiger partial charge in [-0.2, -0.15) is 5.01 Å². The fourth-order valence-electron chi connectivity index (χ4n) is 2.40. The van der Waals surface area contributed by atoms with Gasteiger partial charge < -0.3 is 0 Å². The van der Waals surface area contributed by atoms with Crippen LogP contribution >= 0.6 is 11.3 Å². The van der Waals surface area contributed by atoms with Crippen LogP contribution in [0.1, 0.15) is 28.4 Å². The molecule has 0 unspecified atom stereocenters. The van der Waals surface area contributed by atoms with Crippen LogP contribution in [0.4, 0.5) is 5.13 Å². The van der Waals surface area contributed by atoms with Gasteiger partial charge in [-0.25, -0.2) is 4.98 Å². The molecule has 6 heteroatoms. The van der Waals surface area contributed by atoms with Crippen LogP contribution in [-0.4, -0.2) is 16.8 Å². The average molecular weight is 339 g/mol. The monoisotopic (exact) mass is 339 g/mol. The summed E-state index contributed by atoms with van der Waals surface area (Å²) in [7, 11) is 0. The summed E-state index contributed by atoms with van der Waals surface area (Å²) >= 11 is 1.39. The third kappa shape index (κ3) is 3.00. The molecule has 0 saturated heterocycles. The molecule has 1 aromatic heterocycles. The Morgan fingerprint density at radius 1 is 1.04 bits per heavy atom. The molecule has 1 N–H and O–H groups in total. The number of anilines is 1. The van der Waals surface area contributed by atoms with E-state index in [1.54, 1.807) is 24.3 Å². The number of hydrogen-bond donors (Lipinski definition) is 1. The first kappa shape index (κ1) is 16.1. The van der Waals surface area contributed by atoms with E-state index in [0.29, 0.717) is 10.7 Å². The van der Waals surface area contributed by atoms with Crippen molar-refractivity contribution in [2.75, 3.05) is 5.01 Å². The molecule has 0 saturated carbocycles. The van der Waals surface area contributed by atoms with Crippen LogP contribution in [-0.2, 0) is 4.79 Å². The number of hydrogen-bond acceptors (Lipinski definition) is 4. The normalized spacial score (nSPS) is 10.6. The van der Waals surface area contributed by atoms with Gasteiger partial charge in [0.05, 0.1) is 10.2 Å². The predicted molar refractivity (Wildman–Crippen MR) is 96.2 cm³/mol. The van der Waals surface area contributed by atoms with Crippen LogP contribution in [0.5, 0.6) is 0 Å². The van der Waals surface area contributed by atoms with Crippen molar-refractivity contribution in [2.24, 2.45) is 0 Å². The van der Waals surface area contributed by atoms with Gasteiger partial charge in [0.25, 0.3) is 5.91 Å². The molecule has 0 aliphatic heterocycles. The number of hydrazine groups is 1. The van der Waals surface area contributed by atoms with Gasteiger partial charge in [-0.3, -0.25) is 15.0 Å². The Balaban J connectivity index is 2.10. The zero-order valence-electron chi connectivity index (χ0n) is 13.7. The van der Waals surface area contributed by atoms with Crippen molar-refractivity contribution in [1.29, 1.82) is 0 Å². The second-order valence-electron chi connectivity index (χ2n) is 5.55. The van der Waals surface area contributed by atoms with E-state index in [9.17, 15) is 9.59 Å². The lowest BCUT2D eigenvalue weighted by Crippen LogP contribution is -2.45. The summed E-state index contributed by atoms with van der Waals surface area (Å²) in [5.74, 6) is -0.646. The Kier molecular flexibility index (Phi) is 4.31. The quantitative estimate of drug-likeness (QED) is 0.726. The van der Waals surface area contributed by atoms with Gasteiger partial charge in [0.15, 0.2) is 0 Å². The van der Waals surface area contributed by atoms with Crippen molar-refractivity contribution >= 4 is 38.5 Å². The molecule has 24 heavy (non-hydrogen) atoms. The van der Waals surface area contributed by atoms with E-state index in [-0.39, 0.29) is 11.8 Å². The van der Waals surface area contributed by atoms with Crippen molar-refractivity contribution in [2.45, 2.75) is 20.8 Å². The summed E-state index contributed by atoms with van der Waals surface area (Å²) in [6, 6.07) is 12.9. The third-order valence-electron chi connectivity index (χ3n) is 3.62. The molecule has 2 aromatic carbocycles. The lowest BCUT2D eigenvalue weighted by molar-refractivity contribution is -0.119. The van der Waals surface area contributed by atoms with Crippen molar-refractivity contribution in [3.05, 3.63) is 59.2 Å². The number of carbonyl (C=O) groups excluding carboxylic acids is 2. The standard InChI is InChI=1S/C18H17N3O2S/c1-11-9-10-12(2)16-15(11)19-18(24-16)21(20-13(3)22)17(23)14-7-5-4-6-8-14/h4-10H,1-3H3,(H,20,22). The van der Waals surface area contributed by atoms with Crippen LogP contribution in [0.15, 0.2) is 42.5 Å². The molecule has 0 aliphatic carbocycles. The summed E-state index contributed by atoms with van der Waals surface area (Å²) in [5, 5.41) is 1.67. The highest BCUT2D eigenvalue weighted by Crippen LogP contribution is 2.33.